The number of aromatic nitrogens is 3. The average molecular weight is 380 g/mol. The molecule has 1 aliphatic rings. The number of amides is 1. The number of nitrogens with one attached hydrogen (secondary N) is 2. The fourth-order valence-corrected chi connectivity index (χ4v) is 3.71. The smallest absolute Gasteiger partial charge is 0.254 e. The first kappa shape index (κ1) is 18.2. The number of fused-ring (bicyclic) bond motifs is 1. The van der Waals surface area contributed by atoms with Gasteiger partial charge in [0, 0.05) is 36.0 Å². The van der Waals surface area contributed by atoms with Crippen LogP contribution in [0.1, 0.15) is 36.0 Å². The van der Waals surface area contributed by atoms with Crippen molar-refractivity contribution in [3.05, 3.63) is 42.2 Å². The molecule has 0 bridgehead atoms. The number of hydrogen-bond donors (Lipinski definition) is 4. The molecule has 4 rings (SSSR count). The maximum Gasteiger partial charge on any atom is 0.254 e. The lowest BCUT2D eigenvalue weighted by Gasteiger charge is -2.28. The topological polar surface area (TPSA) is 118 Å². The molecule has 2 heterocycles. The quantitative estimate of drug-likeness (QED) is 0.540. The van der Waals surface area contributed by atoms with Gasteiger partial charge in [-0.3, -0.25) is 4.79 Å². The van der Waals surface area contributed by atoms with E-state index in [9.17, 15) is 9.90 Å². The van der Waals surface area contributed by atoms with Gasteiger partial charge in [0.1, 0.15) is 11.4 Å². The van der Waals surface area contributed by atoms with Gasteiger partial charge in [0.15, 0.2) is 0 Å². The van der Waals surface area contributed by atoms with E-state index in [-0.39, 0.29) is 11.6 Å². The van der Waals surface area contributed by atoms with E-state index in [0.717, 1.165) is 42.3 Å². The number of primary amides is 1. The minimum Gasteiger partial charge on any atom is -0.391 e. The fourth-order valence-electron chi connectivity index (χ4n) is 3.71. The van der Waals surface area contributed by atoms with Crippen LogP contribution in [0.5, 0.6) is 0 Å². The zero-order valence-electron chi connectivity index (χ0n) is 15.7. The van der Waals surface area contributed by atoms with Gasteiger partial charge in [0.25, 0.3) is 5.91 Å². The number of aliphatic hydroxyl groups excluding tert-OH is 1. The van der Waals surface area contributed by atoms with Crippen LogP contribution >= 0.6 is 0 Å². The highest BCUT2D eigenvalue weighted by Gasteiger charge is 2.24. The Bertz CT molecular complexity index is 1020. The van der Waals surface area contributed by atoms with Crippen LogP contribution in [0.3, 0.4) is 0 Å². The number of nitrogens with two attached hydrogens (primary N) is 1. The summed E-state index contributed by atoms with van der Waals surface area (Å²) >= 11 is 0. The van der Waals surface area contributed by atoms with Crippen molar-refractivity contribution in [2.45, 2.75) is 37.8 Å². The highest BCUT2D eigenvalue weighted by atomic mass is 16.3. The van der Waals surface area contributed by atoms with Crippen molar-refractivity contribution >= 4 is 34.3 Å². The van der Waals surface area contributed by atoms with Gasteiger partial charge in [-0.05, 0) is 31.0 Å². The molecule has 0 unspecified atom stereocenters. The van der Waals surface area contributed by atoms with Crippen molar-refractivity contribution in [3.8, 4) is 0 Å². The number of aryl methyl sites for hydroxylation is 1. The van der Waals surface area contributed by atoms with Crippen molar-refractivity contribution in [2.75, 3.05) is 10.6 Å². The Morgan fingerprint density at radius 2 is 2.11 bits per heavy atom. The zero-order valence-corrected chi connectivity index (χ0v) is 15.7. The monoisotopic (exact) mass is 380 g/mol. The molecule has 8 nitrogen and oxygen atoms in total. The standard InChI is InChI=1S/C20H24N6O2/c1-26-10-9-12-14(6-4-7-16(12)26)23-19-13(18(21)28)11-22-20(25-19)24-15-5-2-3-8-17(15)27/h4,6-7,9-11,15,17,27H,2-3,5,8H2,1H3,(H2,21,28)(H2,22,23,24,25)/t15-,17+/m1/s1. The van der Waals surface area contributed by atoms with Crippen molar-refractivity contribution in [1.29, 1.82) is 0 Å². The molecule has 0 aliphatic heterocycles. The lowest BCUT2D eigenvalue weighted by Crippen LogP contribution is -2.37. The molecular weight excluding hydrogens is 356 g/mol. The first-order chi connectivity index (χ1) is 13.5. The van der Waals surface area contributed by atoms with Crippen molar-refractivity contribution in [1.82, 2.24) is 14.5 Å². The zero-order chi connectivity index (χ0) is 19.7. The Labute approximate surface area is 162 Å². The van der Waals surface area contributed by atoms with Gasteiger partial charge < -0.3 is 26.0 Å². The maximum absolute atomic E-state index is 11.9. The van der Waals surface area contributed by atoms with Crippen LogP contribution < -0.4 is 16.4 Å². The summed E-state index contributed by atoms with van der Waals surface area (Å²) in [5, 5.41) is 17.6. The Morgan fingerprint density at radius 3 is 2.89 bits per heavy atom. The summed E-state index contributed by atoms with van der Waals surface area (Å²) in [6, 6.07) is 7.78. The third kappa shape index (κ3) is 3.50. The van der Waals surface area contributed by atoms with Gasteiger partial charge in [-0.25, -0.2) is 4.98 Å². The molecule has 5 N–H and O–H groups in total. The molecule has 2 atom stereocenters. The van der Waals surface area contributed by atoms with E-state index in [1.54, 1.807) is 0 Å². The summed E-state index contributed by atoms with van der Waals surface area (Å²) in [4.78, 5) is 20.6. The van der Waals surface area contributed by atoms with Crippen LogP contribution in [0, 0.1) is 0 Å². The van der Waals surface area contributed by atoms with Gasteiger partial charge in [-0.1, -0.05) is 18.9 Å². The molecule has 1 amide bonds. The summed E-state index contributed by atoms with van der Waals surface area (Å²) in [7, 11) is 1.98. The molecular formula is C20H24N6O2. The number of carbonyl (C=O) groups is 1. The number of aliphatic hydroxyl groups is 1. The number of rotatable bonds is 5. The van der Waals surface area contributed by atoms with Crippen molar-refractivity contribution in [3.63, 3.8) is 0 Å². The molecule has 8 heteroatoms. The normalized spacial score (nSPS) is 19.5. The van der Waals surface area contributed by atoms with Gasteiger partial charge in [-0.2, -0.15) is 4.98 Å². The number of nitrogens with zero attached hydrogens (tertiary/aromatic N) is 3. The van der Waals surface area contributed by atoms with Crippen molar-refractivity contribution < 1.29 is 9.90 Å². The highest BCUT2D eigenvalue weighted by Crippen LogP contribution is 2.28. The third-order valence-corrected chi connectivity index (χ3v) is 5.28. The minimum absolute atomic E-state index is 0.0985. The third-order valence-electron chi connectivity index (χ3n) is 5.28. The van der Waals surface area contributed by atoms with Crippen LogP contribution in [-0.4, -0.2) is 37.7 Å². The second-order valence-electron chi connectivity index (χ2n) is 7.21. The highest BCUT2D eigenvalue weighted by molar-refractivity contribution is 6.00. The van der Waals surface area contributed by atoms with Gasteiger partial charge in [0.05, 0.1) is 12.1 Å². The predicted molar refractivity (Wildman–Crippen MR) is 109 cm³/mol. The number of hydrogen-bond acceptors (Lipinski definition) is 6. The Balaban J connectivity index is 1.67. The van der Waals surface area contributed by atoms with E-state index >= 15 is 0 Å². The van der Waals surface area contributed by atoms with Crippen LogP contribution in [0.2, 0.25) is 0 Å². The van der Waals surface area contributed by atoms with E-state index in [1.165, 1.54) is 6.20 Å². The van der Waals surface area contributed by atoms with Gasteiger partial charge >= 0.3 is 0 Å². The molecule has 146 valence electrons. The number of carbonyl (C=O) groups excluding carboxylic acids is 1. The van der Waals surface area contributed by atoms with Crippen LogP contribution in [0.4, 0.5) is 17.5 Å². The number of anilines is 3. The first-order valence-electron chi connectivity index (χ1n) is 9.45. The minimum atomic E-state index is -0.605. The molecule has 2 aromatic heterocycles. The van der Waals surface area contributed by atoms with Crippen molar-refractivity contribution in [2.24, 2.45) is 12.8 Å². The van der Waals surface area contributed by atoms with E-state index in [2.05, 4.69) is 20.6 Å². The molecule has 1 aliphatic carbocycles. The van der Waals surface area contributed by atoms with Crippen LogP contribution in [0.15, 0.2) is 36.7 Å². The summed E-state index contributed by atoms with van der Waals surface area (Å²) < 4.78 is 2.02. The Hall–Kier alpha value is -3.13. The second kappa shape index (κ2) is 7.47. The van der Waals surface area contributed by atoms with Gasteiger partial charge in [0.2, 0.25) is 5.95 Å². The average Bonchev–Trinajstić information content (AvgIpc) is 3.06. The van der Waals surface area contributed by atoms with E-state index < -0.39 is 12.0 Å². The summed E-state index contributed by atoms with van der Waals surface area (Å²) in [6.45, 7) is 0. The van der Waals surface area contributed by atoms with E-state index in [4.69, 9.17) is 5.73 Å². The molecule has 1 fully saturated rings. The second-order valence-corrected chi connectivity index (χ2v) is 7.21. The van der Waals surface area contributed by atoms with E-state index in [1.807, 2.05) is 42.1 Å². The molecule has 0 spiro atoms. The fraction of sp³-hybridized carbons (Fsp3) is 0.350. The summed E-state index contributed by atoms with van der Waals surface area (Å²) in [6.07, 6.45) is 6.65. The molecule has 1 aromatic carbocycles. The summed E-state index contributed by atoms with van der Waals surface area (Å²) in [5.74, 6) is 0.0947. The molecule has 1 saturated carbocycles. The maximum atomic E-state index is 11.9. The Morgan fingerprint density at radius 1 is 1.29 bits per heavy atom. The largest absolute Gasteiger partial charge is 0.391 e. The van der Waals surface area contributed by atoms with Gasteiger partial charge in [-0.15, -0.1) is 0 Å². The molecule has 28 heavy (non-hydrogen) atoms. The summed E-state index contributed by atoms with van der Waals surface area (Å²) in [5.41, 5.74) is 7.61. The predicted octanol–water partition coefficient (Wildman–Crippen LogP) is 2.53. The molecule has 0 radical (unpaired) electrons. The van der Waals surface area contributed by atoms with E-state index in [0.29, 0.717) is 11.8 Å². The molecule has 3 aromatic rings. The Kier molecular flexibility index (Phi) is 4.87. The molecule has 0 saturated heterocycles. The lowest BCUT2D eigenvalue weighted by molar-refractivity contribution is 0.1000. The lowest BCUT2D eigenvalue weighted by atomic mass is 9.93. The first-order valence-corrected chi connectivity index (χ1v) is 9.45. The van der Waals surface area contributed by atoms with Crippen LogP contribution in [-0.2, 0) is 7.05 Å². The SMILES string of the molecule is Cn1ccc2c(Nc3nc(N[C@@H]4CCCC[C@@H]4O)ncc3C(N)=O)cccc21. The van der Waals surface area contributed by atoms with Crippen LogP contribution in [0.25, 0.3) is 10.9 Å². The number of benzene rings is 1.